The van der Waals surface area contributed by atoms with Crippen molar-refractivity contribution in [3.05, 3.63) is 76.5 Å². The van der Waals surface area contributed by atoms with Crippen LogP contribution in [0.1, 0.15) is 24.2 Å². The summed E-state index contributed by atoms with van der Waals surface area (Å²) in [4.78, 5) is 26.0. The number of hydrogen-bond donors (Lipinski definition) is 0. The van der Waals surface area contributed by atoms with Crippen molar-refractivity contribution in [3.8, 4) is 0 Å². The fourth-order valence-electron chi connectivity index (χ4n) is 2.10. The molecule has 1 aromatic heterocycles. The molecule has 0 N–H and O–H groups in total. The minimum atomic E-state index is -0.451. The van der Waals surface area contributed by atoms with E-state index in [1.807, 2.05) is 24.8 Å². The summed E-state index contributed by atoms with van der Waals surface area (Å²) >= 11 is 0. The highest BCUT2D eigenvalue weighted by atomic mass is 16.6. The largest absolute Gasteiger partial charge is 0.404 e. The molecule has 0 unspecified atom stereocenters. The molecule has 0 atom stereocenters. The average Bonchev–Trinajstić information content (AvgIpc) is 2.58. The Hall–Kier alpha value is -2.82. The van der Waals surface area contributed by atoms with Crippen molar-refractivity contribution in [1.29, 1.82) is 0 Å². The van der Waals surface area contributed by atoms with Crippen LogP contribution in [0.4, 0.5) is 0 Å². The maximum absolute atomic E-state index is 12.3. The molecule has 1 aromatic carbocycles. The number of carbonyl (C=O) groups excluding carboxylic acids is 1. The zero-order valence-electron chi connectivity index (χ0n) is 13.3. The van der Waals surface area contributed by atoms with Crippen molar-refractivity contribution in [3.63, 3.8) is 0 Å². The molecule has 120 valence electrons. The van der Waals surface area contributed by atoms with E-state index >= 15 is 0 Å². The third kappa shape index (κ3) is 4.32. The molecule has 5 heteroatoms. The second kappa shape index (κ2) is 7.98. The number of benzene rings is 1. The van der Waals surface area contributed by atoms with Gasteiger partial charge in [-0.15, -0.1) is 0 Å². The highest BCUT2D eigenvalue weighted by Crippen LogP contribution is 2.11. The first-order valence-corrected chi connectivity index (χ1v) is 7.56. The van der Waals surface area contributed by atoms with E-state index in [0.29, 0.717) is 24.5 Å². The number of nitrogens with zero attached hydrogens (tertiary/aromatic N) is 2. The number of ether oxygens (including phenoxy) is 1. The minimum Gasteiger partial charge on any atom is -0.404 e. The summed E-state index contributed by atoms with van der Waals surface area (Å²) in [5.41, 5.74) is 0.277. The Morgan fingerprint density at radius 2 is 1.74 bits per heavy atom. The first-order valence-electron chi connectivity index (χ1n) is 7.56. The van der Waals surface area contributed by atoms with E-state index in [1.54, 1.807) is 42.6 Å². The van der Waals surface area contributed by atoms with Gasteiger partial charge in [0.15, 0.2) is 0 Å². The van der Waals surface area contributed by atoms with E-state index in [4.69, 9.17) is 4.74 Å². The molecule has 0 saturated heterocycles. The van der Waals surface area contributed by atoms with E-state index in [-0.39, 0.29) is 5.56 Å². The van der Waals surface area contributed by atoms with Crippen molar-refractivity contribution in [2.24, 2.45) is 0 Å². The lowest BCUT2D eigenvalue weighted by Gasteiger charge is -2.23. The topological polar surface area (TPSA) is 51.5 Å². The molecule has 0 saturated carbocycles. The molecule has 0 radical (unpaired) electrons. The Balaban J connectivity index is 2.33. The smallest absolute Gasteiger partial charge is 0.344 e. The van der Waals surface area contributed by atoms with Crippen LogP contribution in [0, 0.1) is 0 Å². The predicted octanol–water partition coefficient (Wildman–Crippen LogP) is 2.80. The number of aromatic nitrogens is 1. The second-order valence-electron chi connectivity index (χ2n) is 4.84. The van der Waals surface area contributed by atoms with Gasteiger partial charge in [-0.2, -0.15) is 0 Å². The molecule has 0 aliphatic rings. The van der Waals surface area contributed by atoms with Crippen molar-refractivity contribution >= 4 is 12.2 Å². The first-order chi connectivity index (χ1) is 11.2. The Labute approximate surface area is 135 Å². The maximum Gasteiger partial charge on any atom is 0.344 e. The Morgan fingerprint density at radius 3 is 2.35 bits per heavy atom. The van der Waals surface area contributed by atoms with Crippen LogP contribution in [0.5, 0.6) is 0 Å². The van der Waals surface area contributed by atoms with Crippen LogP contribution < -0.4 is 5.56 Å². The summed E-state index contributed by atoms with van der Waals surface area (Å²) in [6.45, 7) is 5.24. The lowest BCUT2D eigenvalue weighted by Crippen LogP contribution is -2.27. The third-order valence-electron chi connectivity index (χ3n) is 3.38. The maximum atomic E-state index is 12.3. The summed E-state index contributed by atoms with van der Waals surface area (Å²) in [5.74, 6) is -0.107. The van der Waals surface area contributed by atoms with Crippen LogP contribution in [0.15, 0.2) is 65.4 Å². The number of carbonyl (C=O) groups is 1. The Morgan fingerprint density at radius 1 is 1.09 bits per heavy atom. The second-order valence-corrected chi connectivity index (χ2v) is 4.84. The van der Waals surface area contributed by atoms with Crippen LogP contribution in [0.2, 0.25) is 0 Å². The quantitative estimate of drug-likeness (QED) is 0.608. The normalized spacial score (nSPS) is 11.1. The SMILES string of the molecule is CCN(CC)C(=Cn1ccccc1=O)OC(=O)c1ccccc1. The zero-order chi connectivity index (χ0) is 16.7. The van der Waals surface area contributed by atoms with E-state index in [1.165, 1.54) is 16.8 Å². The summed E-state index contributed by atoms with van der Waals surface area (Å²) in [6, 6.07) is 13.6. The first kappa shape index (κ1) is 16.5. The zero-order valence-corrected chi connectivity index (χ0v) is 13.3. The summed E-state index contributed by atoms with van der Waals surface area (Å²) in [7, 11) is 0. The van der Waals surface area contributed by atoms with Gasteiger partial charge in [-0.1, -0.05) is 24.3 Å². The Kier molecular flexibility index (Phi) is 5.74. The fourth-order valence-corrected chi connectivity index (χ4v) is 2.10. The molecule has 0 fully saturated rings. The van der Waals surface area contributed by atoms with Gasteiger partial charge in [-0.25, -0.2) is 4.79 Å². The van der Waals surface area contributed by atoms with Gasteiger partial charge in [-0.3, -0.25) is 9.36 Å². The van der Waals surface area contributed by atoms with E-state index < -0.39 is 5.97 Å². The van der Waals surface area contributed by atoms with Gasteiger partial charge in [0.1, 0.15) is 0 Å². The van der Waals surface area contributed by atoms with Gasteiger partial charge >= 0.3 is 5.97 Å². The molecular weight excluding hydrogens is 292 g/mol. The molecule has 23 heavy (non-hydrogen) atoms. The molecule has 0 amide bonds. The van der Waals surface area contributed by atoms with Gasteiger partial charge in [0.05, 0.1) is 11.8 Å². The predicted molar refractivity (Wildman–Crippen MR) is 89.8 cm³/mol. The molecule has 2 aromatic rings. The van der Waals surface area contributed by atoms with E-state index in [0.717, 1.165) is 0 Å². The molecule has 5 nitrogen and oxygen atoms in total. The van der Waals surface area contributed by atoms with Gasteiger partial charge < -0.3 is 9.64 Å². The molecule has 2 rings (SSSR count). The van der Waals surface area contributed by atoms with E-state index in [2.05, 4.69) is 0 Å². The number of pyridine rings is 1. The summed E-state index contributed by atoms with van der Waals surface area (Å²) < 4.78 is 6.92. The highest BCUT2D eigenvalue weighted by molar-refractivity contribution is 5.90. The third-order valence-corrected chi connectivity index (χ3v) is 3.38. The number of rotatable bonds is 6. The van der Waals surface area contributed by atoms with E-state index in [9.17, 15) is 9.59 Å². The van der Waals surface area contributed by atoms with Crippen LogP contribution in [0.3, 0.4) is 0 Å². The lowest BCUT2D eigenvalue weighted by atomic mass is 10.2. The molecular formula is C18H20N2O3. The van der Waals surface area contributed by atoms with Gasteiger partial charge in [-0.05, 0) is 32.0 Å². The molecule has 0 aliphatic heterocycles. The molecule has 0 spiro atoms. The molecule has 0 bridgehead atoms. The lowest BCUT2D eigenvalue weighted by molar-refractivity contribution is 0.0512. The van der Waals surface area contributed by atoms with Crippen molar-refractivity contribution < 1.29 is 9.53 Å². The van der Waals surface area contributed by atoms with Crippen molar-refractivity contribution in [2.45, 2.75) is 13.8 Å². The van der Waals surface area contributed by atoms with Crippen LogP contribution in [-0.2, 0) is 4.74 Å². The van der Waals surface area contributed by atoms with Gasteiger partial charge in [0.2, 0.25) is 5.88 Å². The summed E-state index contributed by atoms with van der Waals surface area (Å²) in [6.07, 6.45) is 3.17. The number of esters is 1. The standard InChI is InChI=1S/C18H20N2O3/c1-3-19(4-2)17(14-20-13-9-8-12-16(20)21)23-18(22)15-10-6-5-7-11-15/h5-14H,3-4H2,1-2H3. The average molecular weight is 312 g/mol. The van der Waals surface area contributed by atoms with Crippen LogP contribution in [-0.4, -0.2) is 28.5 Å². The van der Waals surface area contributed by atoms with Crippen LogP contribution in [0.25, 0.3) is 6.20 Å². The number of hydrogen-bond acceptors (Lipinski definition) is 4. The van der Waals surface area contributed by atoms with Gasteiger partial charge in [0, 0.05) is 25.4 Å². The molecule has 0 aliphatic carbocycles. The summed E-state index contributed by atoms with van der Waals surface area (Å²) in [5, 5.41) is 0. The van der Waals surface area contributed by atoms with Crippen molar-refractivity contribution in [1.82, 2.24) is 9.47 Å². The van der Waals surface area contributed by atoms with Crippen LogP contribution >= 0.6 is 0 Å². The fraction of sp³-hybridized carbons (Fsp3) is 0.222. The minimum absolute atomic E-state index is 0.187. The monoisotopic (exact) mass is 312 g/mol. The Bertz CT molecular complexity index is 731. The molecule has 1 heterocycles. The van der Waals surface area contributed by atoms with Crippen molar-refractivity contribution in [2.75, 3.05) is 13.1 Å². The highest BCUT2D eigenvalue weighted by Gasteiger charge is 2.14. The van der Waals surface area contributed by atoms with Gasteiger partial charge in [0.25, 0.3) is 5.56 Å².